The molecule has 1 fully saturated rings. The van der Waals surface area contributed by atoms with Crippen molar-refractivity contribution in [1.29, 1.82) is 0 Å². The maximum atomic E-state index is 5.96. The van der Waals surface area contributed by atoms with Gasteiger partial charge in [0.2, 0.25) is 0 Å². The van der Waals surface area contributed by atoms with Crippen molar-refractivity contribution < 1.29 is 0 Å². The monoisotopic (exact) mass is 230 g/mol. The zero-order valence-electron chi connectivity index (χ0n) is 8.16. The molecule has 1 aromatic rings. The predicted molar refractivity (Wildman–Crippen MR) is 60.9 cm³/mol. The molecule has 1 aliphatic heterocycles. The summed E-state index contributed by atoms with van der Waals surface area (Å²) >= 11 is 7.69. The van der Waals surface area contributed by atoms with Gasteiger partial charge in [0.05, 0.1) is 5.51 Å². The van der Waals surface area contributed by atoms with E-state index >= 15 is 0 Å². The van der Waals surface area contributed by atoms with Gasteiger partial charge < -0.3 is 0 Å². The number of piperidine rings is 1. The molecule has 0 N–H and O–H groups in total. The largest absolute Gasteiger partial charge is 0.294 e. The Morgan fingerprint density at radius 3 is 3.21 bits per heavy atom. The summed E-state index contributed by atoms with van der Waals surface area (Å²) in [6.07, 6.45) is 5.86. The first-order valence-electron chi connectivity index (χ1n) is 5.07. The van der Waals surface area contributed by atoms with Gasteiger partial charge in [-0.1, -0.05) is 6.42 Å². The molecule has 1 unspecified atom stereocenters. The summed E-state index contributed by atoms with van der Waals surface area (Å²) in [5, 5.41) is 0. The van der Waals surface area contributed by atoms with Crippen molar-refractivity contribution in [3.63, 3.8) is 0 Å². The number of hydrogen-bond donors (Lipinski definition) is 0. The quantitative estimate of drug-likeness (QED) is 0.743. The van der Waals surface area contributed by atoms with E-state index < -0.39 is 0 Å². The lowest BCUT2D eigenvalue weighted by Crippen LogP contribution is -2.39. The Hall–Kier alpha value is -0.120. The molecule has 14 heavy (non-hydrogen) atoms. The van der Waals surface area contributed by atoms with Crippen LogP contribution in [0.15, 0.2) is 11.7 Å². The van der Waals surface area contributed by atoms with E-state index in [1.165, 1.54) is 30.7 Å². The first-order chi connectivity index (χ1) is 6.90. The molecule has 0 aliphatic carbocycles. The van der Waals surface area contributed by atoms with E-state index in [-0.39, 0.29) is 0 Å². The molecule has 0 amide bonds. The van der Waals surface area contributed by atoms with Crippen LogP contribution in [-0.2, 0) is 6.54 Å². The number of aromatic nitrogens is 1. The first-order valence-corrected chi connectivity index (χ1v) is 6.49. The lowest BCUT2D eigenvalue weighted by Gasteiger charge is -2.33. The smallest absolute Gasteiger partial charge is 0.0794 e. The van der Waals surface area contributed by atoms with Crippen LogP contribution in [-0.4, -0.2) is 28.4 Å². The van der Waals surface area contributed by atoms with Crippen LogP contribution in [0.25, 0.3) is 0 Å². The second kappa shape index (κ2) is 5.10. The number of alkyl halides is 1. The van der Waals surface area contributed by atoms with Crippen LogP contribution in [0.2, 0.25) is 0 Å². The van der Waals surface area contributed by atoms with Crippen LogP contribution in [0.3, 0.4) is 0 Å². The van der Waals surface area contributed by atoms with Crippen molar-refractivity contribution in [2.45, 2.75) is 31.8 Å². The number of hydrogen-bond acceptors (Lipinski definition) is 3. The molecule has 0 aromatic carbocycles. The van der Waals surface area contributed by atoms with Gasteiger partial charge in [0.15, 0.2) is 0 Å². The molecule has 78 valence electrons. The minimum atomic E-state index is 0.576. The van der Waals surface area contributed by atoms with Gasteiger partial charge in [0.25, 0.3) is 0 Å². The molecule has 0 bridgehead atoms. The van der Waals surface area contributed by atoms with Crippen molar-refractivity contribution in [2.75, 3.05) is 12.4 Å². The SMILES string of the molecule is ClCC1CCCCN1Cc1cncs1. The fourth-order valence-electron chi connectivity index (χ4n) is 1.96. The standard InChI is InChI=1S/C10H15ClN2S/c11-5-9-3-1-2-4-13(9)7-10-6-12-8-14-10/h6,8-9H,1-5,7H2. The van der Waals surface area contributed by atoms with Crippen molar-refractivity contribution in [3.8, 4) is 0 Å². The van der Waals surface area contributed by atoms with E-state index in [0.29, 0.717) is 6.04 Å². The summed E-state index contributed by atoms with van der Waals surface area (Å²) < 4.78 is 0. The van der Waals surface area contributed by atoms with E-state index in [2.05, 4.69) is 9.88 Å². The molecule has 0 radical (unpaired) electrons. The Kier molecular flexibility index (Phi) is 3.79. The molecule has 2 nitrogen and oxygen atoms in total. The minimum absolute atomic E-state index is 0.576. The van der Waals surface area contributed by atoms with Gasteiger partial charge in [-0.3, -0.25) is 9.88 Å². The van der Waals surface area contributed by atoms with Gasteiger partial charge in [-0.15, -0.1) is 22.9 Å². The van der Waals surface area contributed by atoms with Crippen LogP contribution in [0.1, 0.15) is 24.1 Å². The summed E-state index contributed by atoms with van der Waals surface area (Å²) in [6.45, 7) is 2.22. The summed E-state index contributed by atoms with van der Waals surface area (Å²) in [5.41, 5.74) is 1.90. The molecule has 1 aromatic heterocycles. The molecule has 1 atom stereocenters. The summed E-state index contributed by atoms with van der Waals surface area (Å²) in [5.74, 6) is 0.763. The average molecular weight is 231 g/mol. The first kappa shape index (κ1) is 10.4. The molecule has 0 saturated carbocycles. The van der Waals surface area contributed by atoms with E-state index in [9.17, 15) is 0 Å². The lowest BCUT2D eigenvalue weighted by molar-refractivity contribution is 0.156. The topological polar surface area (TPSA) is 16.1 Å². The van der Waals surface area contributed by atoms with E-state index in [1.54, 1.807) is 11.3 Å². The number of rotatable bonds is 3. The van der Waals surface area contributed by atoms with Crippen molar-refractivity contribution >= 4 is 22.9 Å². The van der Waals surface area contributed by atoms with Crippen LogP contribution < -0.4 is 0 Å². The maximum Gasteiger partial charge on any atom is 0.0794 e. The highest BCUT2D eigenvalue weighted by Gasteiger charge is 2.21. The zero-order valence-corrected chi connectivity index (χ0v) is 9.73. The van der Waals surface area contributed by atoms with E-state index in [4.69, 9.17) is 11.6 Å². The Labute approximate surface area is 93.9 Å². The number of likely N-dealkylation sites (tertiary alicyclic amines) is 1. The summed E-state index contributed by atoms with van der Waals surface area (Å²) in [4.78, 5) is 7.94. The van der Waals surface area contributed by atoms with E-state index in [0.717, 1.165) is 12.4 Å². The molecule has 2 heterocycles. The van der Waals surface area contributed by atoms with Crippen LogP contribution in [0, 0.1) is 0 Å². The number of halogens is 1. The summed E-state index contributed by atoms with van der Waals surface area (Å²) in [7, 11) is 0. The molecule has 4 heteroatoms. The predicted octanol–water partition coefficient (Wildman–Crippen LogP) is 2.74. The van der Waals surface area contributed by atoms with E-state index in [1.807, 2.05) is 11.7 Å². The Balaban J connectivity index is 1.94. The third-order valence-corrected chi connectivity index (χ3v) is 3.89. The highest BCUT2D eigenvalue weighted by atomic mass is 35.5. The number of thiazole rings is 1. The van der Waals surface area contributed by atoms with Crippen molar-refractivity contribution in [1.82, 2.24) is 9.88 Å². The third-order valence-electron chi connectivity index (χ3n) is 2.77. The molecular weight excluding hydrogens is 216 g/mol. The number of nitrogens with zero attached hydrogens (tertiary/aromatic N) is 2. The normalized spacial score (nSPS) is 23.9. The van der Waals surface area contributed by atoms with Crippen molar-refractivity contribution in [3.05, 3.63) is 16.6 Å². The highest BCUT2D eigenvalue weighted by molar-refractivity contribution is 7.09. The van der Waals surface area contributed by atoms with Crippen molar-refractivity contribution in [2.24, 2.45) is 0 Å². The van der Waals surface area contributed by atoms with Crippen LogP contribution in [0.4, 0.5) is 0 Å². The van der Waals surface area contributed by atoms with Gasteiger partial charge in [-0.25, -0.2) is 0 Å². The molecule has 0 spiro atoms. The fraction of sp³-hybridized carbons (Fsp3) is 0.700. The fourth-order valence-corrected chi connectivity index (χ4v) is 2.93. The van der Waals surface area contributed by atoms with Gasteiger partial charge in [-0.2, -0.15) is 0 Å². The summed E-state index contributed by atoms with van der Waals surface area (Å²) in [6, 6.07) is 0.576. The maximum absolute atomic E-state index is 5.96. The van der Waals surface area contributed by atoms with Gasteiger partial charge in [0.1, 0.15) is 0 Å². The third kappa shape index (κ3) is 2.47. The Morgan fingerprint density at radius 2 is 2.50 bits per heavy atom. The molecule has 1 aliphatic rings. The van der Waals surface area contributed by atoms with Gasteiger partial charge in [-0.05, 0) is 19.4 Å². The zero-order chi connectivity index (χ0) is 9.80. The van der Waals surface area contributed by atoms with Crippen LogP contribution in [0.5, 0.6) is 0 Å². The Bertz CT molecular complexity index is 263. The van der Waals surface area contributed by atoms with Gasteiger partial charge in [0, 0.05) is 29.5 Å². The van der Waals surface area contributed by atoms with Crippen LogP contribution >= 0.6 is 22.9 Å². The highest BCUT2D eigenvalue weighted by Crippen LogP contribution is 2.21. The lowest BCUT2D eigenvalue weighted by atomic mass is 10.0. The minimum Gasteiger partial charge on any atom is -0.294 e. The van der Waals surface area contributed by atoms with Gasteiger partial charge >= 0.3 is 0 Å². The average Bonchev–Trinajstić information content (AvgIpc) is 2.71. The second-order valence-electron chi connectivity index (χ2n) is 3.74. The molecule has 2 rings (SSSR count). The molecule has 1 saturated heterocycles. The Morgan fingerprint density at radius 1 is 1.57 bits per heavy atom. The molecular formula is C10H15ClN2S. The second-order valence-corrected chi connectivity index (χ2v) is 5.02.